The van der Waals surface area contributed by atoms with Crippen LogP contribution in [0, 0.1) is 0 Å². The quantitative estimate of drug-likeness (QED) is 0.778. The fourth-order valence-electron chi connectivity index (χ4n) is 2.02. The molecule has 0 aromatic heterocycles. The van der Waals surface area contributed by atoms with Crippen LogP contribution in [0.1, 0.15) is 12.5 Å². The van der Waals surface area contributed by atoms with Crippen LogP contribution in [0.25, 0.3) is 0 Å². The molecule has 1 saturated heterocycles. The van der Waals surface area contributed by atoms with Crippen LogP contribution in [0.3, 0.4) is 0 Å². The van der Waals surface area contributed by atoms with E-state index >= 15 is 0 Å². The number of nitrogens with zero attached hydrogens (tertiary/aromatic N) is 1. The lowest BCUT2D eigenvalue weighted by Gasteiger charge is -2.39. The van der Waals surface area contributed by atoms with E-state index in [4.69, 9.17) is 9.05 Å². The predicted octanol–water partition coefficient (Wildman–Crippen LogP) is 2.66. The van der Waals surface area contributed by atoms with Crippen LogP contribution < -0.4 is 0 Å². The van der Waals surface area contributed by atoms with E-state index in [1.165, 1.54) is 0 Å². The minimum Gasteiger partial charge on any atom is -0.305 e. The summed E-state index contributed by atoms with van der Waals surface area (Å²) in [7, 11) is 0.629. The lowest BCUT2D eigenvalue weighted by Crippen LogP contribution is -2.38. The molecule has 2 rings (SSSR count). The molecule has 0 amide bonds. The maximum Gasteiger partial charge on any atom is 0.355 e. The van der Waals surface area contributed by atoms with Gasteiger partial charge in [0.2, 0.25) is 0 Å². The average molecular weight is 255 g/mol. The van der Waals surface area contributed by atoms with Gasteiger partial charge in [0.15, 0.2) is 0 Å². The van der Waals surface area contributed by atoms with Gasteiger partial charge in [-0.2, -0.15) is 0 Å². The van der Waals surface area contributed by atoms with Crippen molar-refractivity contribution in [3.63, 3.8) is 0 Å². The lowest BCUT2D eigenvalue weighted by atomic mass is 10.1. The first-order valence-corrected chi connectivity index (χ1v) is 7.17. The van der Waals surface area contributed by atoms with E-state index in [-0.39, 0.29) is 0 Å². The number of hydrogen-bond donors (Lipinski definition) is 0. The highest BCUT2D eigenvalue weighted by Crippen LogP contribution is 2.67. The van der Waals surface area contributed by atoms with Gasteiger partial charge in [0.25, 0.3) is 0 Å². The van der Waals surface area contributed by atoms with Gasteiger partial charge in [0.1, 0.15) is 5.28 Å². The molecule has 4 nitrogen and oxygen atoms in total. The summed E-state index contributed by atoms with van der Waals surface area (Å²) in [4.78, 5) is 1.90. The molecule has 0 spiro atoms. The van der Waals surface area contributed by atoms with Crippen LogP contribution in [-0.4, -0.2) is 32.2 Å². The zero-order chi connectivity index (χ0) is 12.5. The SMILES string of the molecule is CN(C)C(C)(c1ccccc1)P1(=O)OCCO1. The molecule has 1 atom stereocenters. The van der Waals surface area contributed by atoms with Crippen molar-refractivity contribution in [3.05, 3.63) is 35.9 Å². The van der Waals surface area contributed by atoms with Crippen molar-refractivity contribution in [1.82, 2.24) is 4.90 Å². The van der Waals surface area contributed by atoms with Crippen molar-refractivity contribution >= 4 is 7.60 Å². The summed E-state index contributed by atoms with van der Waals surface area (Å²) in [5, 5.41) is -0.745. The number of hydrogen-bond acceptors (Lipinski definition) is 4. The van der Waals surface area contributed by atoms with E-state index in [1.807, 2.05) is 56.3 Å². The third-order valence-corrected chi connectivity index (χ3v) is 6.10. The summed E-state index contributed by atoms with van der Waals surface area (Å²) >= 11 is 0. The van der Waals surface area contributed by atoms with Gasteiger partial charge in [0.05, 0.1) is 13.2 Å². The van der Waals surface area contributed by atoms with Gasteiger partial charge in [-0.05, 0) is 26.6 Å². The van der Waals surface area contributed by atoms with Crippen molar-refractivity contribution < 1.29 is 13.6 Å². The standard InChI is InChI=1S/C12H18NO3P/c1-12(13(2)3,11-7-5-4-6-8-11)17(14)15-9-10-16-17/h4-8H,9-10H2,1-3H3. The highest BCUT2D eigenvalue weighted by atomic mass is 31.2. The molecule has 1 heterocycles. The van der Waals surface area contributed by atoms with Crippen molar-refractivity contribution in [2.75, 3.05) is 27.3 Å². The molecule has 1 unspecified atom stereocenters. The molecular formula is C12H18NO3P. The molecule has 0 saturated carbocycles. The van der Waals surface area contributed by atoms with Gasteiger partial charge in [-0.15, -0.1) is 0 Å². The average Bonchev–Trinajstić information content (AvgIpc) is 2.77. The highest BCUT2D eigenvalue weighted by Gasteiger charge is 2.52. The first kappa shape index (κ1) is 12.8. The minimum atomic E-state index is -3.14. The summed E-state index contributed by atoms with van der Waals surface area (Å²) in [5.74, 6) is 0. The van der Waals surface area contributed by atoms with Gasteiger partial charge >= 0.3 is 7.60 Å². The van der Waals surface area contributed by atoms with Crippen LogP contribution in [0.2, 0.25) is 0 Å². The maximum absolute atomic E-state index is 12.8. The molecular weight excluding hydrogens is 237 g/mol. The molecule has 94 valence electrons. The van der Waals surface area contributed by atoms with Crippen molar-refractivity contribution in [2.45, 2.75) is 12.2 Å². The Morgan fingerprint density at radius 1 is 1.18 bits per heavy atom. The van der Waals surface area contributed by atoms with E-state index in [0.717, 1.165) is 5.56 Å². The zero-order valence-electron chi connectivity index (χ0n) is 10.4. The van der Waals surface area contributed by atoms with E-state index < -0.39 is 12.9 Å². The summed E-state index contributed by atoms with van der Waals surface area (Å²) < 4.78 is 23.6. The van der Waals surface area contributed by atoms with Gasteiger partial charge < -0.3 is 9.05 Å². The fourth-order valence-corrected chi connectivity index (χ4v) is 4.18. The molecule has 1 aromatic carbocycles. The van der Waals surface area contributed by atoms with E-state index in [2.05, 4.69) is 0 Å². The first-order valence-electron chi connectivity index (χ1n) is 5.63. The molecule has 0 radical (unpaired) electrons. The number of benzene rings is 1. The summed E-state index contributed by atoms with van der Waals surface area (Å²) in [6.45, 7) is 2.69. The van der Waals surface area contributed by atoms with Crippen LogP contribution in [-0.2, 0) is 18.9 Å². The molecule has 17 heavy (non-hydrogen) atoms. The van der Waals surface area contributed by atoms with Crippen LogP contribution in [0.4, 0.5) is 0 Å². The smallest absolute Gasteiger partial charge is 0.305 e. The summed E-state index contributed by atoms with van der Waals surface area (Å²) in [6.07, 6.45) is 0. The van der Waals surface area contributed by atoms with E-state index in [1.54, 1.807) is 0 Å². The van der Waals surface area contributed by atoms with E-state index in [9.17, 15) is 4.57 Å². The Labute approximate surface area is 102 Å². The van der Waals surface area contributed by atoms with Gasteiger partial charge in [-0.25, -0.2) is 0 Å². The summed E-state index contributed by atoms with van der Waals surface area (Å²) in [6, 6.07) is 9.69. The Morgan fingerprint density at radius 3 is 2.18 bits per heavy atom. The second-order valence-electron chi connectivity index (χ2n) is 4.45. The van der Waals surface area contributed by atoms with Gasteiger partial charge in [0, 0.05) is 0 Å². The topological polar surface area (TPSA) is 38.8 Å². The molecule has 0 bridgehead atoms. The van der Waals surface area contributed by atoms with Crippen LogP contribution in [0.15, 0.2) is 30.3 Å². The van der Waals surface area contributed by atoms with Crippen molar-refractivity contribution in [1.29, 1.82) is 0 Å². The van der Waals surface area contributed by atoms with Gasteiger partial charge in [-0.1, -0.05) is 30.3 Å². The molecule has 1 aliphatic heterocycles. The Kier molecular flexibility index (Phi) is 3.41. The fraction of sp³-hybridized carbons (Fsp3) is 0.500. The monoisotopic (exact) mass is 255 g/mol. The Morgan fingerprint density at radius 2 is 1.71 bits per heavy atom. The van der Waals surface area contributed by atoms with Crippen LogP contribution >= 0.6 is 7.60 Å². The maximum atomic E-state index is 12.8. The predicted molar refractivity (Wildman–Crippen MR) is 67.0 cm³/mol. The van der Waals surface area contributed by atoms with Crippen LogP contribution in [0.5, 0.6) is 0 Å². The Bertz CT molecular complexity index is 425. The molecule has 5 heteroatoms. The molecule has 1 aliphatic rings. The molecule has 0 N–H and O–H groups in total. The highest BCUT2D eigenvalue weighted by molar-refractivity contribution is 7.55. The summed E-state index contributed by atoms with van der Waals surface area (Å²) in [5.41, 5.74) is 0.940. The lowest BCUT2D eigenvalue weighted by molar-refractivity contribution is 0.202. The minimum absolute atomic E-state index is 0.396. The molecule has 0 aliphatic carbocycles. The molecule has 1 fully saturated rings. The third-order valence-electron chi connectivity index (χ3n) is 3.33. The third kappa shape index (κ3) is 1.95. The zero-order valence-corrected chi connectivity index (χ0v) is 11.3. The van der Waals surface area contributed by atoms with E-state index in [0.29, 0.717) is 13.2 Å². The molecule has 1 aromatic rings. The second kappa shape index (κ2) is 4.54. The first-order chi connectivity index (χ1) is 8.01. The normalized spacial score (nSPS) is 22.6. The van der Waals surface area contributed by atoms with Crippen molar-refractivity contribution in [3.8, 4) is 0 Å². The number of rotatable bonds is 3. The Hall–Kier alpha value is -0.670. The van der Waals surface area contributed by atoms with Gasteiger partial charge in [-0.3, -0.25) is 9.46 Å². The van der Waals surface area contributed by atoms with Crippen molar-refractivity contribution in [2.24, 2.45) is 0 Å². The Balaban J connectivity index is 2.50. The second-order valence-corrected chi connectivity index (χ2v) is 6.83. The largest absolute Gasteiger partial charge is 0.355 e.